The first-order chi connectivity index (χ1) is 12.4. The molecule has 0 spiro atoms. The standard InChI is InChI=1S/C16H13F4N3O3/c17-14(18)11-6-12(15(19)20)23(22-11)8-10-3-4-13(26-10)16(24)21-7-9-2-1-5-25-9/h1-6,14-15H,7-8H2,(H,21,24). The molecule has 0 saturated heterocycles. The summed E-state index contributed by atoms with van der Waals surface area (Å²) in [6.45, 7) is -0.161. The number of furan rings is 2. The van der Waals surface area contributed by atoms with Gasteiger partial charge in [-0.25, -0.2) is 17.6 Å². The van der Waals surface area contributed by atoms with Gasteiger partial charge in [0.15, 0.2) is 5.76 Å². The van der Waals surface area contributed by atoms with Gasteiger partial charge in [-0.1, -0.05) is 0 Å². The number of hydrogen-bond acceptors (Lipinski definition) is 4. The highest BCUT2D eigenvalue weighted by Gasteiger charge is 2.22. The number of hydrogen-bond donors (Lipinski definition) is 1. The Hall–Kier alpha value is -3.04. The average Bonchev–Trinajstić information content (AvgIpc) is 3.33. The van der Waals surface area contributed by atoms with Crippen LogP contribution >= 0.6 is 0 Å². The van der Waals surface area contributed by atoms with Crippen molar-refractivity contribution < 1.29 is 31.2 Å². The third kappa shape index (κ3) is 3.95. The van der Waals surface area contributed by atoms with Crippen molar-refractivity contribution in [2.75, 3.05) is 0 Å². The molecule has 0 fully saturated rings. The van der Waals surface area contributed by atoms with Gasteiger partial charge in [0.2, 0.25) is 0 Å². The molecule has 0 saturated carbocycles. The summed E-state index contributed by atoms with van der Waals surface area (Å²) < 4.78 is 62.4. The predicted molar refractivity (Wildman–Crippen MR) is 79.8 cm³/mol. The smallest absolute Gasteiger partial charge is 0.287 e. The molecule has 0 radical (unpaired) electrons. The number of carbonyl (C=O) groups is 1. The van der Waals surface area contributed by atoms with Crippen LogP contribution in [0, 0.1) is 0 Å². The highest BCUT2D eigenvalue weighted by Crippen LogP contribution is 2.26. The van der Waals surface area contributed by atoms with Crippen LogP contribution in [0.2, 0.25) is 0 Å². The SMILES string of the molecule is O=C(NCc1ccco1)c1ccc(Cn2nc(C(F)F)cc2C(F)F)o1. The molecule has 0 aliphatic carbocycles. The lowest BCUT2D eigenvalue weighted by atomic mass is 10.3. The van der Waals surface area contributed by atoms with E-state index in [4.69, 9.17) is 8.83 Å². The van der Waals surface area contributed by atoms with Crippen LogP contribution in [-0.4, -0.2) is 15.7 Å². The van der Waals surface area contributed by atoms with Gasteiger partial charge in [-0.3, -0.25) is 9.48 Å². The van der Waals surface area contributed by atoms with E-state index in [2.05, 4.69) is 10.4 Å². The Balaban J connectivity index is 1.69. The molecule has 138 valence electrons. The van der Waals surface area contributed by atoms with Crippen molar-refractivity contribution >= 4 is 5.91 Å². The lowest BCUT2D eigenvalue weighted by molar-refractivity contribution is 0.0917. The molecule has 1 amide bonds. The molecular formula is C16H13F4N3O3. The Labute approximate surface area is 144 Å². The fraction of sp³-hybridized carbons (Fsp3) is 0.250. The minimum Gasteiger partial charge on any atom is -0.467 e. The normalized spacial score (nSPS) is 11.5. The molecule has 3 heterocycles. The summed E-state index contributed by atoms with van der Waals surface area (Å²) in [5.41, 5.74) is -1.40. The number of aromatic nitrogens is 2. The molecule has 0 bridgehead atoms. The van der Waals surface area contributed by atoms with Crippen LogP contribution < -0.4 is 5.32 Å². The molecule has 3 aromatic heterocycles. The molecule has 0 atom stereocenters. The number of alkyl halides is 4. The molecule has 26 heavy (non-hydrogen) atoms. The second-order valence-corrected chi connectivity index (χ2v) is 5.28. The van der Waals surface area contributed by atoms with Crippen molar-refractivity contribution in [3.63, 3.8) is 0 Å². The van der Waals surface area contributed by atoms with Crippen molar-refractivity contribution in [3.05, 3.63) is 65.3 Å². The number of amides is 1. The van der Waals surface area contributed by atoms with Crippen LogP contribution in [0.1, 0.15) is 46.3 Å². The van der Waals surface area contributed by atoms with Gasteiger partial charge in [0.25, 0.3) is 18.8 Å². The van der Waals surface area contributed by atoms with Gasteiger partial charge < -0.3 is 14.2 Å². The highest BCUT2D eigenvalue weighted by molar-refractivity contribution is 5.91. The van der Waals surface area contributed by atoms with Gasteiger partial charge in [-0.05, 0) is 30.3 Å². The molecule has 3 rings (SSSR count). The van der Waals surface area contributed by atoms with E-state index < -0.39 is 30.1 Å². The minimum atomic E-state index is -2.97. The van der Waals surface area contributed by atoms with Crippen molar-refractivity contribution in [2.45, 2.75) is 25.9 Å². The molecule has 0 aromatic carbocycles. The minimum absolute atomic E-state index is 0.0496. The van der Waals surface area contributed by atoms with E-state index in [1.807, 2.05) is 0 Å². The summed E-state index contributed by atoms with van der Waals surface area (Å²) in [7, 11) is 0. The van der Waals surface area contributed by atoms with Crippen molar-refractivity contribution in [3.8, 4) is 0 Å². The number of nitrogens with one attached hydrogen (secondary N) is 1. The maximum Gasteiger partial charge on any atom is 0.287 e. The van der Waals surface area contributed by atoms with Crippen molar-refractivity contribution in [2.24, 2.45) is 0 Å². The van der Waals surface area contributed by atoms with Gasteiger partial charge in [-0.2, -0.15) is 5.10 Å². The summed E-state index contributed by atoms with van der Waals surface area (Å²) in [5.74, 6) is 0.0867. The molecule has 0 aliphatic heterocycles. The lowest BCUT2D eigenvalue weighted by Crippen LogP contribution is -2.21. The first-order valence-electron chi connectivity index (χ1n) is 7.47. The van der Waals surface area contributed by atoms with Crippen LogP contribution in [0.25, 0.3) is 0 Å². The molecule has 0 unspecified atom stereocenters. The van der Waals surface area contributed by atoms with Crippen LogP contribution in [0.3, 0.4) is 0 Å². The Kier molecular flexibility index (Phi) is 5.10. The third-order valence-corrected chi connectivity index (χ3v) is 3.47. The Bertz CT molecular complexity index is 871. The molecular weight excluding hydrogens is 358 g/mol. The first kappa shape index (κ1) is 17.8. The number of halogens is 4. The van der Waals surface area contributed by atoms with Gasteiger partial charge in [0.05, 0.1) is 19.4 Å². The monoisotopic (exact) mass is 371 g/mol. The topological polar surface area (TPSA) is 73.2 Å². The van der Waals surface area contributed by atoms with Gasteiger partial charge in [0, 0.05) is 0 Å². The summed E-state index contributed by atoms with van der Waals surface area (Å²) in [6.07, 6.45) is -4.47. The third-order valence-electron chi connectivity index (χ3n) is 3.47. The largest absolute Gasteiger partial charge is 0.467 e. The van der Waals surface area contributed by atoms with E-state index in [9.17, 15) is 22.4 Å². The zero-order valence-corrected chi connectivity index (χ0v) is 13.2. The zero-order chi connectivity index (χ0) is 18.7. The van der Waals surface area contributed by atoms with Crippen LogP contribution in [0.4, 0.5) is 17.6 Å². The average molecular weight is 371 g/mol. The molecule has 1 N–H and O–H groups in total. The second-order valence-electron chi connectivity index (χ2n) is 5.28. The summed E-state index contributed by atoms with van der Waals surface area (Å²) in [6, 6.07) is 6.74. The van der Waals surface area contributed by atoms with E-state index in [-0.39, 0.29) is 24.6 Å². The van der Waals surface area contributed by atoms with E-state index in [1.165, 1.54) is 18.4 Å². The van der Waals surface area contributed by atoms with Crippen LogP contribution in [0.5, 0.6) is 0 Å². The van der Waals surface area contributed by atoms with Crippen molar-refractivity contribution in [1.82, 2.24) is 15.1 Å². The Morgan fingerprint density at radius 3 is 2.62 bits per heavy atom. The number of nitrogens with zero attached hydrogens (tertiary/aromatic N) is 2. The van der Waals surface area contributed by atoms with E-state index in [1.54, 1.807) is 12.1 Å². The zero-order valence-electron chi connectivity index (χ0n) is 13.2. The van der Waals surface area contributed by atoms with E-state index in [0.717, 1.165) is 4.68 Å². The second kappa shape index (κ2) is 7.46. The fourth-order valence-corrected chi connectivity index (χ4v) is 2.26. The highest BCUT2D eigenvalue weighted by atomic mass is 19.3. The maximum atomic E-state index is 13.0. The quantitative estimate of drug-likeness (QED) is 0.639. The summed E-state index contributed by atoms with van der Waals surface area (Å²) >= 11 is 0. The fourth-order valence-electron chi connectivity index (χ4n) is 2.26. The van der Waals surface area contributed by atoms with Gasteiger partial charge in [0.1, 0.15) is 22.9 Å². The Morgan fingerprint density at radius 1 is 1.15 bits per heavy atom. The molecule has 3 aromatic rings. The van der Waals surface area contributed by atoms with Gasteiger partial charge >= 0.3 is 0 Å². The molecule has 10 heteroatoms. The summed E-state index contributed by atoms with van der Waals surface area (Å²) in [4.78, 5) is 12.0. The van der Waals surface area contributed by atoms with Crippen LogP contribution in [0.15, 0.2) is 45.4 Å². The number of rotatable bonds is 7. The van der Waals surface area contributed by atoms with Crippen molar-refractivity contribution in [1.29, 1.82) is 0 Å². The molecule has 6 nitrogen and oxygen atoms in total. The van der Waals surface area contributed by atoms with E-state index in [0.29, 0.717) is 11.8 Å². The number of carbonyl (C=O) groups excluding carboxylic acids is 1. The lowest BCUT2D eigenvalue weighted by Gasteiger charge is -2.04. The Morgan fingerprint density at radius 2 is 1.96 bits per heavy atom. The first-order valence-corrected chi connectivity index (χ1v) is 7.47. The predicted octanol–water partition coefficient (Wildman–Crippen LogP) is 3.92. The maximum absolute atomic E-state index is 13.0. The molecule has 0 aliphatic rings. The van der Waals surface area contributed by atoms with E-state index >= 15 is 0 Å². The van der Waals surface area contributed by atoms with Gasteiger partial charge in [-0.15, -0.1) is 0 Å². The summed E-state index contributed by atoms with van der Waals surface area (Å²) in [5, 5.41) is 6.02. The van der Waals surface area contributed by atoms with Crippen LogP contribution in [-0.2, 0) is 13.1 Å².